The zero-order valence-corrected chi connectivity index (χ0v) is 11.0. The molecule has 2 rings (SSSR count). The van der Waals surface area contributed by atoms with Crippen LogP contribution < -0.4 is 5.32 Å². The van der Waals surface area contributed by atoms with Crippen molar-refractivity contribution >= 4 is 0 Å². The lowest BCUT2D eigenvalue weighted by Crippen LogP contribution is -2.46. The second-order valence-corrected chi connectivity index (χ2v) is 5.44. The molecule has 1 aliphatic heterocycles. The quantitative estimate of drug-likeness (QED) is 0.851. The lowest BCUT2D eigenvalue weighted by Gasteiger charge is -2.39. The fraction of sp³-hybridized carbons (Fsp3) is 0.714. The molecule has 3 heteroatoms. The standard InChI is InChI=1S/C14H24N2O/c1-3-14(6-4-7-15-11-14)12-16(2)9-13-5-8-17-10-13/h5,8,10,15H,3-4,6-7,9,11-12H2,1-2H3. The molecule has 1 aliphatic rings. The molecule has 1 aromatic heterocycles. The summed E-state index contributed by atoms with van der Waals surface area (Å²) in [6, 6.07) is 2.05. The van der Waals surface area contributed by atoms with E-state index in [0.29, 0.717) is 5.41 Å². The van der Waals surface area contributed by atoms with Gasteiger partial charge in [0, 0.05) is 25.2 Å². The number of rotatable bonds is 5. The Labute approximate surface area is 104 Å². The molecule has 1 atom stereocenters. The molecule has 0 spiro atoms. The lowest BCUT2D eigenvalue weighted by atomic mass is 9.78. The molecule has 1 saturated heterocycles. The monoisotopic (exact) mass is 236 g/mol. The first-order valence-corrected chi connectivity index (χ1v) is 6.64. The maximum atomic E-state index is 5.12. The van der Waals surface area contributed by atoms with Gasteiger partial charge in [0.1, 0.15) is 0 Å². The van der Waals surface area contributed by atoms with Crippen LogP contribution in [-0.4, -0.2) is 31.6 Å². The first-order valence-electron chi connectivity index (χ1n) is 6.64. The fourth-order valence-electron chi connectivity index (χ4n) is 2.90. The van der Waals surface area contributed by atoms with Gasteiger partial charge in [-0.15, -0.1) is 0 Å². The average molecular weight is 236 g/mol. The van der Waals surface area contributed by atoms with E-state index in [4.69, 9.17) is 4.42 Å². The van der Waals surface area contributed by atoms with Crippen LogP contribution in [0.3, 0.4) is 0 Å². The molecule has 0 bridgehead atoms. The average Bonchev–Trinajstić information content (AvgIpc) is 2.83. The van der Waals surface area contributed by atoms with Gasteiger partial charge in [0.15, 0.2) is 0 Å². The van der Waals surface area contributed by atoms with E-state index in [2.05, 4.69) is 24.2 Å². The molecule has 0 aromatic carbocycles. The van der Waals surface area contributed by atoms with Crippen molar-refractivity contribution in [1.82, 2.24) is 10.2 Å². The van der Waals surface area contributed by atoms with Gasteiger partial charge in [0.2, 0.25) is 0 Å². The van der Waals surface area contributed by atoms with Crippen LogP contribution in [0, 0.1) is 5.41 Å². The van der Waals surface area contributed by atoms with Crippen molar-refractivity contribution in [2.24, 2.45) is 5.41 Å². The predicted molar refractivity (Wildman–Crippen MR) is 69.9 cm³/mol. The fourth-order valence-corrected chi connectivity index (χ4v) is 2.90. The number of hydrogen-bond acceptors (Lipinski definition) is 3. The van der Waals surface area contributed by atoms with E-state index in [9.17, 15) is 0 Å². The Morgan fingerprint density at radius 2 is 2.41 bits per heavy atom. The van der Waals surface area contributed by atoms with Crippen LogP contribution >= 0.6 is 0 Å². The summed E-state index contributed by atoms with van der Waals surface area (Å²) in [5.74, 6) is 0. The van der Waals surface area contributed by atoms with E-state index in [1.54, 1.807) is 6.26 Å². The number of nitrogens with one attached hydrogen (secondary N) is 1. The number of furan rings is 1. The number of hydrogen-bond donors (Lipinski definition) is 1. The van der Waals surface area contributed by atoms with Gasteiger partial charge in [-0.25, -0.2) is 0 Å². The highest BCUT2D eigenvalue weighted by Gasteiger charge is 2.31. The van der Waals surface area contributed by atoms with Crippen LogP contribution in [0.2, 0.25) is 0 Å². The zero-order valence-electron chi connectivity index (χ0n) is 11.0. The van der Waals surface area contributed by atoms with Gasteiger partial charge >= 0.3 is 0 Å². The van der Waals surface area contributed by atoms with Crippen LogP contribution in [0.5, 0.6) is 0 Å². The van der Waals surface area contributed by atoms with Crippen LogP contribution in [0.25, 0.3) is 0 Å². The molecular formula is C14H24N2O. The molecular weight excluding hydrogens is 212 g/mol. The van der Waals surface area contributed by atoms with Crippen molar-refractivity contribution in [3.05, 3.63) is 24.2 Å². The second-order valence-electron chi connectivity index (χ2n) is 5.44. The normalized spacial score (nSPS) is 25.4. The van der Waals surface area contributed by atoms with Gasteiger partial charge in [0.05, 0.1) is 12.5 Å². The molecule has 1 aromatic rings. The third-order valence-corrected chi connectivity index (χ3v) is 3.95. The topological polar surface area (TPSA) is 28.4 Å². The molecule has 0 saturated carbocycles. The van der Waals surface area contributed by atoms with Gasteiger partial charge in [-0.05, 0) is 44.3 Å². The largest absolute Gasteiger partial charge is 0.472 e. The highest BCUT2D eigenvalue weighted by Crippen LogP contribution is 2.31. The molecule has 0 radical (unpaired) electrons. The van der Waals surface area contributed by atoms with E-state index in [1.165, 1.54) is 44.5 Å². The number of nitrogens with zero attached hydrogens (tertiary/aromatic N) is 1. The van der Waals surface area contributed by atoms with Gasteiger partial charge in [0.25, 0.3) is 0 Å². The summed E-state index contributed by atoms with van der Waals surface area (Å²) in [6.45, 7) is 6.82. The molecule has 0 amide bonds. The number of piperidine rings is 1. The molecule has 96 valence electrons. The van der Waals surface area contributed by atoms with E-state index in [1.807, 2.05) is 12.3 Å². The maximum absolute atomic E-state index is 5.12. The first-order chi connectivity index (χ1) is 8.24. The van der Waals surface area contributed by atoms with Crippen molar-refractivity contribution in [1.29, 1.82) is 0 Å². The Balaban J connectivity index is 1.89. The minimum atomic E-state index is 0.469. The molecule has 1 unspecified atom stereocenters. The molecule has 17 heavy (non-hydrogen) atoms. The summed E-state index contributed by atoms with van der Waals surface area (Å²) >= 11 is 0. The maximum Gasteiger partial charge on any atom is 0.0947 e. The Morgan fingerprint density at radius 3 is 3.00 bits per heavy atom. The summed E-state index contributed by atoms with van der Waals surface area (Å²) in [7, 11) is 2.21. The Kier molecular flexibility index (Phi) is 4.24. The Morgan fingerprint density at radius 1 is 1.53 bits per heavy atom. The van der Waals surface area contributed by atoms with E-state index in [-0.39, 0.29) is 0 Å². The smallest absolute Gasteiger partial charge is 0.0947 e. The molecule has 2 heterocycles. The van der Waals surface area contributed by atoms with Crippen molar-refractivity contribution in [2.45, 2.75) is 32.7 Å². The SMILES string of the molecule is CCC1(CN(C)Cc2ccoc2)CCCNC1. The third kappa shape index (κ3) is 3.33. The highest BCUT2D eigenvalue weighted by atomic mass is 16.3. The molecule has 3 nitrogen and oxygen atoms in total. The van der Waals surface area contributed by atoms with E-state index < -0.39 is 0 Å². The van der Waals surface area contributed by atoms with E-state index >= 15 is 0 Å². The summed E-state index contributed by atoms with van der Waals surface area (Å²) in [4.78, 5) is 2.42. The van der Waals surface area contributed by atoms with Crippen molar-refractivity contribution < 1.29 is 4.42 Å². The van der Waals surface area contributed by atoms with Crippen LogP contribution in [0.1, 0.15) is 31.7 Å². The Hall–Kier alpha value is -0.800. The van der Waals surface area contributed by atoms with Crippen LogP contribution in [0.4, 0.5) is 0 Å². The van der Waals surface area contributed by atoms with Crippen molar-refractivity contribution in [2.75, 3.05) is 26.7 Å². The lowest BCUT2D eigenvalue weighted by molar-refractivity contribution is 0.124. The summed E-state index contributed by atoms with van der Waals surface area (Å²) < 4.78 is 5.12. The van der Waals surface area contributed by atoms with Crippen molar-refractivity contribution in [3.8, 4) is 0 Å². The van der Waals surface area contributed by atoms with Gasteiger partial charge in [-0.2, -0.15) is 0 Å². The minimum Gasteiger partial charge on any atom is -0.472 e. The molecule has 0 aliphatic carbocycles. The van der Waals surface area contributed by atoms with Gasteiger partial charge in [-0.3, -0.25) is 0 Å². The van der Waals surface area contributed by atoms with Crippen molar-refractivity contribution in [3.63, 3.8) is 0 Å². The predicted octanol–water partition coefficient (Wildman–Crippen LogP) is 2.49. The zero-order chi connectivity index (χ0) is 12.1. The molecule has 1 N–H and O–H groups in total. The summed E-state index contributed by atoms with van der Waals surface area (Å²) in [6.07, 6.45) is 7.52. The summed E-state index contributed by atoms with van der Waals surface area (Å²) in [5, 5.41) is 3.55. The van der Waals surface area contributed by atoms with Crippen LogP contribution in [-0.2, 0) is 6.54 Å². The van der Waals surface area contributed by atoms with Gasteiger partial charge in [-0.1, -0.05) is 6.92 Å². The first kappa shape index (κ1) is 12.7. The summed E-state index contributed by atoms with van der Waals surface area (Å²) in [5.41, 5.74) is 1.74. The minimum absolute atomic E-state index is 0.469. The molecule has 1 fully saturated rings. The second kappa shape index (κ2) is 5.69. The van der Waals surface area contributed by atoms with Crippen LogP contribution in [0.15, 0.2) is 23.0 Å². The van der Waals surface area contributed by atoms with E-state index in [0.717, 1.165) is 6.54 Å². The highest BCUT2D eigenvalue weighted by molar-refractivity contribution is 5.05. The Bertz CT molecular complexity index is 315. The third-order valence-electron chi connectivity index (χ3n) is 3.95. The van der Waals surface area contributed by atoms with Gasteiger partial charge < -0.3 is 14.6 Å².